The molecule has 0 saturated carbocycles. The van der Waals surface area contributed by atoms with Gasteiger partial charge in [-0.2, -0.15) is 5.10 Å². The molecule has 0 radical (unpaired) electrons. The van der Waals surface area contributed by atoms with Crippen LogP contribution < -0.4 is 5.32 Å². The Kier molecular flexibility index (Phi) is 3.16. The van der Waals surface area contributed by atoms with E-state index in [0.717, 1.165) is 10.9 Å². The minimum absolute atomic E-state index is 0.0971. The van der Waals surface area contributed by atoms with Gasteiger partial charge in [-0.05, 0) is 18.2 Å². The molecule has 0 aliphatic rings. The number of rotatable bonds is 4. The maximum Gasteiger partial charge on any atom is 0.251 e. The van der Waals surface area contributed by atoms with Crippen molar-refractivity contribution in [2.24, 2.45) is 0 Å². The molecule has 0 bridgehead atoms. The summed E-state index contributed by atoms with van der Waals surface area (Å²) in [6.45, 7) is 1.03. The molecule has 1 aromatic carbocycles. The van der Waals surface area contributed by atoms with Crippen LogP contribution in [0.1, 0.15) is 10.4 Å². The lowest BCUT2D eigenvalue weighted by atomic mass is 10.1. The topological polar surface area (TPSA) is 67.0 Å². The predicted molar refractivity (Wildman–Crippen MR) is 60.3 cm³/mol. The normalized spacial score (nSPS) is 10.6. The Morgan fingerprint density at radius 1 is 1.56 bits per heavy atom. The highest BCUT2D eigenvalue weighted by atomic mass is 16.5. The SMILES string of the molecule is COCCNC(=O)c1ccc2[nH]ncc2c1. The lowest BCUT2D eigenvalue weighted by molar-refractivity contribution is 0.0937. The molecule has 2 aromatic rings. The molecule has 0 unspecified atom stereocenters. The van der Waals surface area contributed by atoms with Crippen molar-refractivity contribution >= 4 is 16.8 Å². The summed E-state index contributed by atoms with van der Waals surface area (Å²) in [4.78, 5) is 11.7. The van der Waals surface area contributed by atoms with Gasteiger partial charge in [0.1, 0.15) is 0 Å². The number of aromatic amines is 1. The summed E-state index contributed by atoms with van der Waals surface area (Å²) in [7, 11) is 1.60. The number of hydrogen-bond acceptors (Lipinski definition) is 3. The molecule has 5 heteroatoms. The molecule has 2 N–H and O–H groups in total. The molecule has 0 saturated heterocycles. The van der Waals surface area contributed by atoms with E-state index in [1.807, 2.05) is 6.07 Å². The fraction of sp³-hybridized carbons (Fsp3) is 0.273. The zero-order valence-electron chi connectivity index (χ0n) is 8.99. The first-order valence-electron chi connectivity index (χ1n) is 5.01. The molecule has 1 heterocycles. The van der Waals surface area contributed by atoms with E-state index in [1.165, 1.54) is 0 Å². The van der Waals surface area contributed by atoms with Gasteiger partial charge in [0.15, 0.2) is 0 Å². The number of benzene rings is 1. The highest BCUT2D eigenvalue weighted by molar-refractivity contribution is 5.97. The smallest absolute Gasteiger partial charge is 0.251 e. The monoisotopic (exact) mass is 219 g/mol. The molecule has 2 rings (SSSR count). The van der Waals surface area contributed by atoms with Gasteiger partial charge in [-0.15, -0.1) is 0 Å². The Labute approximate surface area is 92.8 Å². The van der Waals surface area contributed by atoms with Crippen LogP contribution in [0.4, 0.5) is 0 Å². The molecule has 16 heavy (non-hydrogen) atoms. The predicted octanol–water partition coefficient (Wildman–Crippen LogP) is 0.939. The summed E-state index contributed by atoms with van der Waals surface area (Å²) in [5.41, 5.74) is 1.55. The van der Waals surface area contributed by atoms with Crippen molar-refractivity contribution in [1.82, 2.24) is 15.5 Å². The van der Waals surface area contributed by atoms with Gasteiger partial charge in [-0.25, -0.2) is 0 Å². The van der Waals surface area contributed by atoms with Crippen LogP contribution in [-0.4, -0.2) is 36.4 Å². The summed E-state index contributed by atoms with van der Waals surface area (Å²) >= 11 is 0. The first kappa shape index (κ1) is 10.6. The number of hydrogen-bond donors (Lipinski definition) is 2. The van der Waals surface area contributed by atoms with Gasteiger partial charge in [0.2, 0.25) is 0 Å². The lowest BCUT2D eigenvalue weighted by Gasteiger charge is -2.04. The highest BCUT2D eigenvalue weighted by Crippen LogP contribution is 2.12. The zero-order valence-corrected chi connectivity index (χ0v) is 8.99. The third-order valence-electron chi connectivity index (χ3n) is 2.29. The van der Waals surface area contributed by atoms with E-state index < -0.39 is 0 Å². The van der Waals surface area contributed by atoms with Crippen molar-refractivity contribution in [3.05, 3.63) is 30.0 Å². The van der Waals surface area contributed by atoms with E-state index in [-0.39, 0.29) is 5.91 Å². The van der Waals surface area contributed by atoms with E-state index in [0.29, 0.717) is 18.7 Å². The third-order valence-corrected chi connectivity index (χ3v) is 2.29. The van der Waals surface area contributed by atoms with Gasteiger partial charge in [0, 0.05) is 24.6 Å². The van der Waals surface area contributed by atoms with Gasteiger partial charge < -0.3 is 10.1 Å². The van der Waals surface area contributed by atoms with Gasteiger partial charge >= 0.3 is 0 Å². The van der Waals surface area contributed by atoms with Gasteiger partial charge in [-0.3, -0.25) is 9.89 Å². The average Bonchev–Trinajstić information content (AvgIpc) is 2.76. The second-order valence-electron chi connectivity index (χ2n) is 3.42. The Bertz CT molecular complexity index is 493. The molecular weight excluding hydrogens is 206 g/mol. The first-order valence-corrected chi connectivity index (χ1v) is 5.01. The first-order chi connectivity index (χ1) is 7.81. The van der Waals surface area contributed by atoms with E-state index in [9.17, 15) is 4.79 Å². The quantitative estimate of drug-likeness (QED) is 0.752. The second kappa shape index (κ2) is 4.76. The minimum atomic E-state index is -0.0971. The number of methoxy groups -OCH3 is 1. The van der Waals surface area contributed by atoms with Crippen LogP contribution in [0.15, 0.2) is 24.4 Å². The van der Waals surface area contributed by atoms with Crippen LogP contribution in [0.5, 0.6) is 0 Å². The van der Waals surface area contributed by atoms with Crippen LogP contribution in [0.3, 0.4) is 0 Å². The van der Waals surface area contributed by atoms with Crippen molar-refractivity contribution in [2.75, 3.05) is 20.3 Å². The van der Waals surface area contributed by atoms with E-state index in [4.69, 9.17) is 4.74 Å². The van der Waals surface area contributed by atoms with Gasteiger partial charge in [-0.1, -0.05) is 0 Å². The van der Waals surface area contributed by atoms with Crippen molar-refractivity contribution in [2.45, 2.75) is 0 Å². The molecule has 0 aliphatic carbocycles. The highest BCUT2D eigenvalue weighted by Gasteiger charge is 2.05. The lowest BCUT2D eigenvalue weighted by Crippen LogP contribution is -2.26. The number of nitrogens with zero attached hydrogens (tertiary/aromatic N) is 1. The van der Waals surface area contributed by atoms with Crippen LogP contribution in [-0.2, 0) is 4.74 Å². The van der Waals surface area contributed by atoms with Crippen LogP contribution >= 0.6 is 0 Å². The summed E-state index contributed by atoms with van der Waals surface area (Å²) in [6, 6.07) is 5.41. The number of H-pyrrole nitrogens is 1. The molecular formula is C11H13N3O2. The summed E-state index contributed by atoms with van der Waals surface area (Å²) in [6.07, 6.45) is 1.70. The fourth-order valence-corrected chi connectivity index (χ4v) is 1.45. The number of amides is 1. The van der Waals surface area contributed by atoms with E-state index in [1.54, 1.807) is 25.4 Å². The van der Waals surface area contributed by atoms with Crippen molar-refractivity contribution in [1.29, 1.82) is 0 Å². The van der Waals surface area contributed by atoms with E-state index in [2.05, 4.69) is 15.5 Å². The molecule has 0 fully saturated rings. The second-order valence-corrected chi connectivity index (χ2v) is 3.42. The molecule has 0 spiro atoms. The number of carbonyl (C=O) groups is 1. The maximum absolute atomic E-state index is 11.7. The average molecular weight is 219 g/mol. The minimum Gasteiger partial charge on any atom is -0.383 e. The Balaban J connectivity index is 2.10. The molecule has 0 aliphatic heterocycles. The number of aromatic nitrogens is 2. The van der Waals surface area contributed by atoms with Gasteiger partial charge in [0.25, 0.3) is 5.91 Å². The summed E-state index contributed by atoms with van der Waals surface area (Å²) in [5, 5.41) is 10.4. The van der Waals surface area contributed by atoms with Crippen LogP contribution in [0.25, 0.3) is 10.9 Å². The third kappa shape index (κ3) is 2.20. The number of carbonyl (C=O) groups excluding carboxylic acids is 1. The number of ether oxygens (including phenoxy) is 1. The molecule has 1 amide bonds. The maximum atomic E-state index is 11.7. The Morgan fingerprint density at radius 2 is 2.44 bits per heavy atom. The van der Waals surface area contributed by atoms with Gasteiger partial charge in [0.05, 0.1) is 18.3 Å². The molecule has 84 valence electrons. The van der Waals surface area contributed by atoms with Crippen LogP contribution in [0, 0.1) is 0 Å². The molecule has 5 nitrogen and oxygen atoms in total. The van der Waals surface area contributed by atoms with Crippen molar-refractivity contribution in [3.8, 4) is 0 Å². The zero-order chi connectivity index (χ0) is 11.4. The largest absolute Gasteiger partial charge is 0.383 e. The van der Waals surface area contributed by atoms with Crippen LogP contribution in [0.2, 0.25) is 0 Å². The summed E-state index contributed by atoms with van der Waals surface area (Å²) < 4.78 is 4.86. The molecule has 0 atom stereocenters. The van der Waals surface area contributed by atoms with E-state index >= 15 is 0 Å². The van der Waals surface area contributed by atoms with Crippen molar-refractivity contribution in [3.63, 3.8) is 0 Å². The number of fused-ring (bicyclic) bond motifs is 1. The standard InChI is InChI=1S/C11H13N3O2/c1-16-5-4-12-11(15)8-2-3-10-9(6-8)7-13-14-10/h2-3,6-7H,4-5H2,1H3,(H,12,15)(H,13,14). The Hall–Kier alpha value is -1.88. The van der Waals surface area contributed by atoms with Crippen molar-refractivity contribution < 1.29 is 9.53 Å². The number of nitrogens with one attached hydrogen (secondary N) is 2. The molecule has 1 aromatic heterocycles. The fourth-order valence-electron chi connectivity index (χ4n) is 1.45. The summed E-state index contributed by atoms with van der Waals surface area (Å²) in [5.74, 6) is -0.0971. The Morgan fingerprint density at radius 3 is 3.25 bits per heavy atom.